The van der Waals surface area contributed by atoms with Crippen LogP contribution in [-0.2, 0) is 4.79 Å². The van der Waals surface area contributed by atoms with Crippen molar-refractivity contribution in [2.75, 3.05) is 6.54 Å². The second-order valence-electron chi connectivity index (χ2n) is 4.00. The second-order valence-corrected chi connectivity index (χ2v) is 4.00. The lowest BCUT2D eigenvalue weighted by atomic mass is 10.1. The molecule has 0 aromatic heterocycles. The molecule has 1 aromatic rings. The summed E-state index contributed by atoms with van der Waals surface area (Å²) in [6, 6.07) is 10.5. The molecule has 15 heavy (non-hydrogen) atoms. The first-order valence-corrected chi connectivity index (χ1v) is 5.28. The van der Waals surface area contributed by atoms with Crippen LogP contribution in [0.2, 0.25) is 0 Å². The van der Waals surface area contributed by atoms with Crippen LogP contribution in [0.5, 0.6) is 0 Å². The minimum atomic E-state index is 0.116. The SMILES string of the molecule is CC1NC(=O)CN1[C@H](C)c1ccccc1. The highest BCUT2D eigenvalue weighted by molar-refractivity contribution is 5.80. The molecule has 1 N–H and O–H groups in total. The van der Waals surface area contributed by atoms with Gasteiger partial charge in [0.2, 0.25) is 5.91 Å². The Morgan fingerprint density at radius 1 is 1.40 bits per heavy atom. The summed E-state index contributed by atoms with van der Waals surface area (Å²) in [5.74, 6) is 0.116. The lowest BCUT2D eigenvalue weighted by Crippen LogP contribution is -2.34. The topological polar surface area (TPSA) is 32.3 Å². The molecule has 0 bridgehead atoms. The molecule has 0 radical (unpaired) electrons. The maximum atomic E-state index is 11.2. The lowest BCUT2D eigenvalue weighted by Gasteiger charge is -2.27. The van der Waals surface area contributed by atoms with Crippen LogP contribution in [0, 0.1) is 0 Å². The maximum Gasteiger partial charge on any atom is 0.235 e. The predicted molar refractivity (Wildman–Crippen MR) is 59.2 cm³/mol. The monoisotopic (exact) mass is 204 g/mol. The van der Waals surface area contributed by atoms with Gasteiger partial charge in [0.15, 0.2) is 0 Å². The molecule has 1 fully saturated rings. The number of hydrogen-bond donors (Lipinski definition) is 1. The molecular weight excluding hydrogens is 188 g/mol. The van der Waals surface area contributed by atoms with Gasteiger partial charge < -0.3 is 5.32 Å². The minimum absolute atomic E-state index is 0.116. The Hall–Kier alpha value is -1.35. The number of rotatable bonds is 2. The maximum absolute atomic E-state index is 11.2. The van der Waals surface area contributed by atoms with E-state index in [4.69, 9.17) is 0 Å². The first-order chi connectivity index (χ1) is 7.18. The predicted octanol–water partition coefficient (Wildman–Crippen LogP) is 1.53. The number of nitrogens with zero attached hydrogens (tertiary/aromatic N) is 1. The summed E-state index contributed by atoms with van der Waals surface area (Å²) in [6.45, 7) is 4.65. The number of nitrogens with one attached hydrogen (secondary N) is 1. The third kappa shape index (κ3) is 2.02. The standard InChI is InChI=1S/C12H16N2O/c1-9(11-6-4-3-5-7-11)14-8-12(15)13-10(14)2/h3-7,9-10H,8H2,1-2H3,(H,13,15)/t9-,10?/m1/s1. The van der Waals surface area contributed by atoms with Crippen LogP contribution in [0.4, 0.5) is 0 Å². The largest absolute Gasteiger partial charge is 0.340 e. The van der Waals surface area contributed by atoms with Crippen LogP contribution < -0.4 is 5.32 Å². The van der Waals surface area contributed by atoms with E-state index in [2.05, 4.69) is 29.3 Å². The molecule has 80 valence electrons. The average molecular weight is 204 g/mol. The van der Waals surface area contributed by atoms with Crippen LogP contribution in [0.1, 0.15) is 25.5 Å². The van der Waals surface area contributed by atoms with Crippen molar-refractivity contribution < 1.29 is 4.79 Å². The van der Waals surface area contributed by atoms with Gasteiger partial charge in [-0.25, -0.2) is 0 Å². The molecule has 3 heteroatoms. The molecule has 0 saturated carbocycles. The third-order valence-corrected chi connectivity index (χ3v) is 2.97. The van der Waals surface area contributed by atoms with Gasteiger partial charge in [-0.05, 0) is 19.4 Å². The van der Waals surface area contributed by atoms with Gasteiger partial charge >= 0.3 is 0 Å². The van der Waals surface area contributed by atoms with Gasteiger partial charge in [0.05, 0.1) is 12.7 Å². The van der Waals surface area contributed by atoms with E-state index < -0.39 is 0 Å². The molecule has 1 heterocycles. The van der Waals surface area contributed by atoms with E-state index in [0.29, 0.717) is 6.54 Å². The highest BCUT2D eigenvalue weighted by Gasteiger charge is 2.30. The zero-order valence-corrected chi connectivity index (χ0v) is 9.10. The summed E-state index contributed by atoms with van der Waals surface area (Å²) >= 11 is 0. The molecule has 1 aliphatic heterocycles. The molecule has 2 rings (SSSR count). The molecule has 1 saturated heterocycles. The Balaban J connectivity index is 2.15. The third-order valence-electron chi connectivity index (χ3n) is 2.97. The lowest BCUT2D eigenvalue weighted by molar-refractivity contribution is -0.118. The first kappa shape index (κ1) is 10.2. The Morgan fingerprint density at radius 2 is 2.07 bits per heavy atom. The molecule has 2 atom stereocenters. The molecule has 1 aliphatic rings. The second kappa shape index (κ2) is 4.03. The van der Waals surface area contributed by atoms with Crippen LogP contribution in [0.3, 0.4) is 0 Å². The van der Waals surface area contributed by atoms with Crippen molar-refractivity contribution in [1.82, 2.24) is 10.2 Å². The first-order valence-electron chi connectivity index (χ1n) is 5.28. The summed E-state index contributed by atoms with van der Waals surface area (Å²) in [5, 5.41) is 2.90. The van der Waals surface area contributed by atoms with E-state index in [9.17, 15) is 4.79 Å². The quantitative estimate of drug-likeness (QED) is 0.792. The molecule has 3 nitrogen and oxygen atoms in total. The van der Waals surface area contributed by atoms with Gasteiger partial charge in [0, 0.05) is 6.04 Å². The fourth-order valence-corrected chi connectivity index (χ4v) is 2.06. The van der Waals surface area contributed by atoms with E-state index in [1.165, 1.54) is 5.56 Å². The zero-order valence-electron chi connectivity index (χ0n) is 9.10. The van der Waals surface area contributed by atoms with E-state index in [0.717, 1.165) is 0 Å². The van der Waals surface area contributed by atoms with Crippen LogP contribution in [0.25, 0.3) is 0 Å². The van der Waals surface area contributed by atoms with Crippen molar-refractivity contribution >= 4 is 5.91 Å². The Morgan fingerprint density at radius 3 is 2.60 bits per heavy atom. The van der Waals surface area contributed by atoms with Crippen molar-refractivity contribution in [1.29, 1.82) is 0 Å². The number of amides is 1. The summed E-state index contributed by atoms with van der Waals surface area (Å²) in [5.41, 5.74) is 1.25. The van der Waals surface area contributed by atoms with E-state index in [1.54, 1.807) is 0 Å². The van der Waals surface area contributed by atoms with E-state index >= 15 is 0 Å². The number of hydrogen-bond acceptors (Lipinski definition) is 2. The number of carbonyl (C=O) groups excluding carboxylic acids is 1. The van der Waals surface area contributed by atoms with Crippen molar-refractivity contribution in [3.8, 4) is 0 Å². The van der Waals surface area contributed by atoms with Crippen LogP contribution in [0.15, 0.2) is 30.3 Å². The normalized spacial score (nSPS) is 23.9. The van der Waals surface area contributed by atoms with Crippen molar-refractivity contribution in [3.05, 3.63) is 35.9 Å². The summed E-state index contributed by atoms with van der Waals surface area (Å²) in [7, 11) is 0. The molecule has 1 unspecified atom stereocenters. The van der Waals surface area contributed by atoms with Gasteiger partial charge in [0.25, 0.3) is 0 Å². The fraction of sp³-hybridized carbons (Fsp3) is 0.417. The molecule has 1 amide bonds. The smallest absolute Gasteiger partial charge is 0.235 e. The van der Waals surface area contributed by atoms with Gasteiger partial charge in [-0.3, -0.25) is 9.69 Å². The Kier molecular flexibility index (Phi) is 2.73. The van der Waals surface area contributed by atoms with E-state index in [-0.39, 0.29) is 18.1 Å². The number of carbonyl (C=O) groups is 1. The van der Waals surface area contributed by atoms with Gasteiger partial charge in [-0.2, -0.15) is 0 Å². The van der Waals surface area contributed by atoms with Crippen molar-refractivity contribution in [2.24, 2.45) is 0 Å². The van der Waals surface area contributed by atoms with Gasteiger partial charge in [0.1, 0.15) is 0 Å². The summed E-state index contributed by atoms with van der Waals surface area (Å²) in [4.78, 5) is 13.4. The van der Waals surface area contributed by atoms with Crippen molar-refractivity contribution in [3.63, 3.8) is 0 Å². The Bertz CT molecular complexity index is 350. The van der Waals surface area contributed by atoms with Crippen LogP contribution in [-0.4, -0.2) is 23.5 Å². The highest BCUT2D eigenvalue weighted by atomic mass is 16.2. The van der Waals surface area contributed by atoms with Gasteiger partial charge in [-0.1, -0.05) is 30.3 Å². The Labute approximate surface area is 90.1 Å². The average Bonchev–Trinajstić information content (AvgIpc) is 2.58. The summed E-state index contributed by atoms with van der Waals surface area (Å²) in [6.07, 6.45) is 0.132. The summed E-state index contributed by atoms with van der Waals surface area (Å²) < 4.78 is 0. The van der Waals surface area contributed by atoms with Gasteiger partial charge in [-0.15, -0.1) is 0 Å². The molecule has 0 spiro atoms. The fourth-order valence-electron chi connectivity index (χ4n) is 2.06. The van der Waals surface area contributed by atoms with Crippen molar-refractivity contribution in [2.45, 2.75) is 26.1 Å². The zero-order chi connectivity index (χ0) is 10.8. The minimum Gasteiger partial charge on any atom is -0.340 e. The van der Waals surface area contributed by atoms with E-state index in [1.807, 2.05) is 25.1 Å². The molecule has 0 aliphatic carbocycles. The molecule has 1 aromatic carbocycles. The highest BCUT2D eigenvalue weighted by Crippen LogP contribution is 2.23. The molecular formula is C12H16N2O. The van der Waals surface area contributed by atoms with Crippen LogP contribution >= 0.6 is 0 Å². The number of benzene rings is 1.